The van der Waals surface area contributed by atoms with Gasteiger partial charge in [-0.1, -0.05) is 18.2 Å². The second-order valence-electron chi connectivity index (χ2n) is 6.97. The average Bonchev–Trinajstić information content (AvgIpc) is 2.67. The number of carbonyl (C=O) groups is 3. The number of urea groups is 1. The summed E-state index contributed by atoms with van der Waals surface area (Å²) in [6.45, 7) is 2.25. The van der Waals surface area contributed by atoms with Gasteiger partial charge in [0.1, 0.15) is 0 Å². The van der Waals surface area contributed by atoms with Crippen molar-refractivity contribution in [2.75, 3.05) is 26.2 Å². The van der Waals surface area contributed by atoms with E-state index in [0.29, 0.717) is 31.7 Å². The van der Waals surface area contributed by atoms with Crippen molar-refractivity contribution in [3.05, 3.63) is 35.4 Å². The number of carbonyl (C=O) groups excluding carboxylic acids is 2. The number of rotatable bonds is 4. The molecule has 2 saturated heterocycles. The Kier molecular flexibility index (Phi) is 5.75. The Bertz CT molecular complexity index is 683. The van der Waals surface area contributed by atoms with Gasteiger partial charge in [-0.05, 0) is 43.2 Å². The molecule has 2 aliphatic heterocycles. The number of benzene rings is 1. The maximum absolute atomic E-state index is 12.4. The molecule has 2 heterocycles. The molecule has 3 amide bonds. The molecule has 1 unspecified atom stereocenters. The zero-order valence-corrected chi connectivity index (χ0v) is 14.7. The van der Waals surface area contributed by atoms with Gasteiger partial charge in [0.05, 0.1) is 11.5 Å². The second-order valence-corrected chi connectivity index (χ2v) is 6.97. The number of amides is 3. The van der Waals surface area contributed by atoms with Crippen LogP contribution >= 0.6 is 0 Å². The van der Waals surface area contributed by atoms with Crippen LogP contribution in [0.1, 0.15) is 47.5 Å². The van der Waals surface area contributed by atoms with E-state index in [9.17, 15) is 19.5 Å². The van der Waals surface area contributed by atoms with E-state index in [1.807, 2.05) is 12.1 Å². The van der Waals surface area contributed by atoms with Gasteiger partial charge < -0.3 is 20.6 Å². The van der Waals surface area contributed by atoms with Gasteiger partial charge in [-0.2, -0.15) is 0 Å². The summed E-state index contributed by atoms with van der Waals surface area (Å²) in [5, 5.41) is 15.0. The fourth-order valence-corrected chi connectivity index (χ4v) is 3.79. The fourth-order valence-electron chi connectivity index (χ4n) is 3.79. The summed E-state index contributed by atoms with van der Waals surface area (Å²) in [7, 11) is 0. The first-order valence-electron chi connectivity index (χ1n) is 9.19. The van der Waals surface area contributed by atoms with Gasteiger partial charge in [0.25, 0.3) is 0 Å². The number of hydrogen-bond donors (Lipinski definition) is 3. The van der Waals surface area contributed by atoms with E-state index in [2.05, 4.69) is 10.6 Å². The molecular formula is C19H25N3O4. The van der Waals surface area contributed by atoms with Crippen LogP contribution < -0.4 is 10.6 Å². The standard InChI is InChI=1S/C19H25N3O4/c23-17-14(4-3-9-20-17)12-21-19(26)22-10-7-13(8-11-22)15-5-1-2-6-16(15)18(24)25/h1-2,5-6,13-14H,3-4,7-12H2,(H,20,23)(H,21,26)(H,24,25). The van der Waals surface area contributed by atoms with Crippen LogP contribution in [0, 0.1) is 5.92 Å². The topological polar surface area (TPSA) is 98.7 Å². The van der Waals surface area contributed by atoms with Crippen molar-refractivity contribution in [3.8, 4) is 0 Å². The monoisotopic (exact) mass is 359 g/mol. The normalized spacial score (nSPS) is 21.2. The van der Waals surface area contributed by atoms with Gasteiger partial charge in [0.2, 0.25) is 5.91 Å². The van der Waals surface area contributed by atoms with E-state index in [1.54, 1.807) is 17.0 Å². The molecular weight excluding hydrogens is 334 g/mol. The lowest BCUT2D eigenvalue weighted by atomic mass is 9.86. The molecule has 3 N–H and O–H groups in total. The summed E-state index contributed by atoms with van der Waals surface area (Å²) in [4.78, 5) is 37.2. The van der Waals surface area contributed by atoms with Crippen molar-refractivity contribution in [1.29, 1.82) is 0 Å². The van der Waals surface area contributed by atoms with Crippen molar-refractivity contribution >= 4 is 17.9 Å². The largest absolute Gasteiger partial charge is 0.478 e. The summed E-state index contributed by atoms with van der Waals surface area (Å²) < 4.78 is 0. The molecule has 0 saturated carbocycles. The number of piperidine rings is 2. The lowest BCUT2D eigenvalue weighted by Crippen LogP contribution is -2.48. The number of aromatic carboxylic acids is 1. The zero-order chi connectivity index (χ0) is 18.5. The van der Waals surface area contributed by atoms with Gasteiger partial charge in [-0.15, -0.1) is 0 Å². The molecule has 7 heteroatoms. The van der Waals surface area contributed by atoms with Gasteiger partial charge in [-0.25, -0.2) is 9.59 Å². The van der Waals surface area contributed by atoms with E-state index in [4.69, 9.17) is 0 Å². The van der Waals surface area contributed by atoms with Crippen molar-refractivity contribution in [2.45, 2.75) is 31.6 Å². The quantitative estimate of drug-likeness (QED) is 0.763. The first-order chi connectivity index (χ1) is 12.6. The molecule has 26 heavy (non-hydrogen) atoms. The smallest absolute Gasteiger partial charge is 0.335 e. The van der Waals surface area contributed by atoms with E-state index in [-0.39, 0.29) is 23.8 Å². The van der Waals surface area contributed by atoms with Gasteiger partial charge in [0, 0.05) is 26.2 Å². The van der Waals surface area contributed by atoms with E-state index < -0.39 is 5.97 Å². The number of hydrogen-bond acceptors (Lipinski definition) is 3. The Hall–Kier alpha value is -2.57. The molecule has 0 aromatic heterocycles. The maximum Gasteiger partial charge on any atom is 0.335 e. The summed E-state index contributed by atoms with van der Waals surface area (Å²) in [6, 6.07) is 6.94. The molecule has 7 nitrogen and oxygen atoms in total. The Labute approximate surface area is 152 Å². The molecule has 0 spiro atoms. The predicted octanol–water partition coefficient (Wildman–Crippen LogP) is 1.80. The molecule has 1 atom stereocenters. The Morgan fingerprint density at radius 2 is 1.92 bits per heavy atom. The summed E-state index contributed by atoms with van der Waals surface area (Å²) in [5.74, 6) is -0.893. The molecule has 0 radical (unpaired) electrons. The molecule has 3 rings (SSSR count). The molecule has 1 aromatic rings. The zero-order valence-electron chi connectivity index (χ0n) is 14.7. The molecule has 2 fully saturated rings. The van der Waals surface area contributed by atoms with Gasteiger partial charge >= 0.3 is 12.0 Å². The van der Waals surface area contributed by atoms with Crippen molar-refractivity contribution < 1.29 is 19.5 Å². The second kappa shape index (κ2) is 8.21. The van der Waals surface area contributed by atoms with Crippen LogP contribution in [0.2, 0.25) is 0 Å². The van der Waals surface area contributed by atoms with Crippen LogP contribution in [0.4, 0.5) is 4.79 Å². The minimum atomic E-state index is -0.911. The summed E-state index contributed by atoms with van der Waals surface area (Å²) in [5.41, 5.74) is 1.19. The maximum atomic E-state index is 12.4. The van der Waals surface area contributed by atoms with Crippen molar-refractivity contribution in [2.24, 2.45) is 5.92 Å². The molecule has 0 aliphatic carbocycles. The number of carboxylic acid groups (broad SMARTS) is 1. The molecule has 0 bridgehead atoms. The molecule has 140 valence electrons. The van der Waals surface area contributed by atoms with Gasteiger partial charge in [0.15, 0.2) is 0 Å². The predicted molar refractivity (Wildman–Crippen MR) is 96.1 cm³/mol. The van der Waals surface area contributed by atoms with E-state index in [0.717, 1.165) is 31.2 Å². The third kappa shape index (κ3) is 4.15. The lowest BCUT2D eigenvalue weighted by molar-refractivity contribution is -0.126. The third-order valence-electron chi connectivity index (χ3n) is 5.31. The van der Waals surface area contributed by atoms with Crippen LogP contribution in [-0.2, 0) is 4.79 Å². The van der Waals surface area contributed by atoms with Crippen LogP contribution in [0.15, 0.2) is 24.3 Å². The Morgan fingerprint density at radius 1 is 1.19 bits per heavy atom. The van der Waals surface area contributed by atoms with Crippen molar-refractivity contribution in [3.63, 3.8) is 0 Å². The highest BCUT2D eigenvalue weighted by Gasteiger charge is 2.28. The van der Waals surface area contributed by atoms with Crippen LogP contribution in [-0.4, -0.2) is 54.1 Å². The van der Waals surface area contributed by atoms with Crippen molar-refractivity contribution in [1.82, 2.24) is 15.5 Å². The van der Waals surface area contributed by atoms with E-state index >= 15 is 0 Å². The fraction of sp³-hybridized carbons (Fsp3) is 0.526. The highest BCUT2D eigenvalue weighted by Crippen LogP contribution is 2.30. The first kappa shape index (κ1) is 18.2. The van der Waals surface area contributed by atoms with Crippen LogP contribution in [0.3, 0.4) is 0 Å². The average molecular weight is 359 g/mol. The minimum Gasteiger partial charge on any atom is -0.478 e. The van der Waals surface area contributed by atoms with E-state index in [1.165, 1.54) is 0 Å². The highest BCUT2D eigenvalue weighted by atomic mass is 16.4. The lowest BCUT2D eigenvalue weighted by Gasteiger charge is -2.33. The Balaban J connectivity index is 1.51. The molecule has 1 aromatic carbocycles. The Morgan fingerprint density at radius 3 is 2.62 bits per heavy atom. The number of nitrogens with zero attached hydrogens (tertiary/aromatic N) is 1. The van der Waals surface area contributed by atoms with Crippen LogP contribution in [0.5, 0.6) is 0 Å². The first-order valence-corrected chi connectivity index (χ1v) is 9.19. The highest BCUT2D eigenvalue weighted by molar-refractivity contribution is 5.89. The number of likely N-dealkylation sites (tertiary alicyclic amines) is 1. The summed E-state index contributed by atoms with van der Waals surface area (Å²) in [6.07, 6.45) is 3.23. The SMILES string of the molecule is O=C(O)c1ccccc1C1CCN(C(=O)NCC2CCCNC2=O)CC1. The van der Waals surface area contributed by atoms with Gasteiger partial charge in [-0.3, -0.25) is 4.79 Å². The minimum absolute atomic E-state index is 0.0144. The third-order valence-corrected chi connectivity index (χ3v) is 5.31. The van der Waals surface area contributed by atoms with Crippen LogP contribution in [0.25, 0.3) is 0 Å². The number of nitrogens with one attached hydrogen (secondary N) is 2. The number of carboxylic acids is 1. The summed E-state index contributed by atoms with van der Waals surface area (Å²) >= 11 is 0. The molecule has 2 aliphatic rings.